The Bertz CT molecular complexity index is 500. The fraction of sp³-hybridized carbons (Fsp3) is 0.462. The highest BCUT2D eigenvalue weighted by atomic mass is 19.1. The van der Waals surface area contributed by atoms with E-state index in [4.69, 9.17) is 9.84 Å². The van der Waals surface area contributed by atoms with E-state index in [2.05, 4.69) is 0 Å². The molecular formula is C13H15F2NO4. The van der Waals surface area contributed by atoms with Crippen LogP contribution in [0.2, 0.25) is 0 Å². The number of hydrogen-bond donors (Lipinski definition) is 2. The number of methoxy groups -OCH3 is 1. The third-order valence-corrected chi connectivity index (χ3v) is 3.39. The Morgan fingerprint density at radius 2 is 2.00 bits per heavy atom. The molecule has 1 aliphatic heterocycles. The van der Waals surface area contributed by atoms with Crippen LogP contribution < -0.4 is 4.74 Å². The Morgan fingerprint density at radius 1 is 1.40 bits per heavy atom. The fourth-order valence-electron chi connectivity index (χ4n) is 2.39. The predicted molar refractivity (Wildman–Crippen MR) is 65.3 cm³/mol. The Hall–Kier alpha value is -1.73. The van der Waals surface area contributed by atoms with Gasteiger partial charge in [-0.15, -0.1) is 0 Å². The van der Waals surface area contributed by atoms with Gasteiger partial charge in [-0.1, -0.05) is 0 Å². The van der Waals surface area contributed by atoms with Crippen LogP contribution >= 0.6 is 0 Å². The Balaban J connectivity index is 2.35. The quantitative estimate of drug-likeness (QED) is 0.833. The number of aliphatic hydroxyl groups excluding tert-OH is 2. The van der Waals surface area contributed by atoms with E-state index >= 15 is 0 Å². The van der Waals surface area contributed by atoms with Crippen molar-refractivity contribution in [2.75, 3.05) is 26.8 Å². The van der Waals surface area contributed by atoms with Gasteiger partial charge in [-0.05, 0) is 0 Å². The van der Waals surface area contributed by atoms with E-state index < -0.39 is 29.6 Å². The van der Waals surface area contributed by atoms with E-state index in [1.165, 1.54) is 12.0 Å². The first-order chi connectivity index (χ1) is 9.49. The second-order valence-corrected chi connectivity index (χ2v) is 4.56. The molecule has 0 radical (unpaired) electrons. The number of halogens is 2. The summed E-state index contributed by atoms with van der Waals surface area (Å²) < 4.78 is 32.7. The zero-order chi connectivity index (χ0) is 14.9. The lowest BCUT2D eigenvalue weighted by molar-refractivity contribution is -0.135. The first-order valence-electron chi connectivity index (χ1n) is 6.10. The van der Waals surface area contributed by atoms with Crippen LogP contribution in [-0.2, 0) is 4.79 Å². The minimum atomic E-state index is -1.51. The number of aliphatic hydroxyl groups is 2. The van der Waals surface area contributed by atoms with Crippen LogP contribution in [0.4, 0.5) is 8.78 Å². The van der Waals surface area contributed by atoms with Gasteiger partial charge in [0.25, 0.3) is 5.91 Å². The number of likely N-dealkylation sites (tertiary alicyclic amines) is 1. The van der Waals surface area contributed by atoms with Crippen molar-refractivity contribution in [2.45, 2.75) is 12.0 Å². The van der Waals surface area contributed by atoms with Crippen molar-refractivity contribution in [3.05, 3.63) is 29.3 Å². The van der Waals surface area contributed by atoms with Gasteiger partial charge in [-0.25, -0.2) is 8.78 Å². The molecule has 1 heterocycles. The number of amides is 1. The fourth-order valence-corrected chi connectivity index (χ4v) is 2.39. The van der Waals surface area contributed by atoms with Gasteiger partial charge in [-0.3, -0.25) is 4.79 Å². The number of nitrogens with zero attached hydrogens (tertiary/aromatic N) is 1. The van der Waals surface area contributed by atoms with Crippen LogP contribution in [0.3, 0.4) is 0 Å². The van der Waals surface area contributed by atoms with Crippen LogP contribution in [-0.4, -0.2) is 53.9 Å². The number of carbonyl (C=O) groups is 1. The summed E-state index contributed by atoms with van der Waals surface area (Å²) in [5.41, 5.74) is -0.341. The molecule has 7 heteroatoms. The van der Waals surface area contributed by atoms with Crippen molar-refractivity contribution in [1.29, 1.82) is 0 Å². The maximum absolute atomic E-state index is 14.0. The van der Waals surface area contributed by atoms with Gasteiger partial charge in [0.15, 0.2) is 0 Å². The molecule has 0 aromatic heterocycles. The van der Waals surface area contributed by atoms with Crippen molar-refractivity contribution in [1.82, 2.24) is 4.90 Å². The molecule has 0 aliphatic carbocycles. The Kier molecular flexibility index (Phi) is 4.20. The van der Waals surface area contributed by atoms with Crippen LogP contribution in [0.15, 0.2) is 12.1 Å². The first kappa shape index (κ1) is 14.7. The number of hydrogen-bond acceptors (Lipinski definition) is 4. The molecule has 2 rings (SSSR count). The van der Waals surface area contributed by atoms with Gasteiger partial charge in [0.1, 0.15) is 23.5 Å². The van der Waals surface area contributed by atoms with Crippen molar-refractivity contribution in [3.8, 4) is 5.75 Å². The zero-order valence-electron chi connectivity index (χ0n) is 10.8. The molecule has 0 bridgehead atoms. The third-order valence-electron chi connectivity index (χ3n) is 3.39. The summed E-state index contributed by atoms with van der Waals surface area (Å²) in [5, 5.41) is 18.7. The van der Waals surface area contributed by atoms with E-state index in [1.807, 2.05) is 0 Å². The number of carbonyl (C=O) groups excluding carboxylic acids is 1. The van der Waals surface area contributed by atoms with Crippen LogP contribution in [0.1, 0.15) is 11.5 Å². The summed E-state index contributed by atoms with van der Waals surface area (Å²) >= 11 is 0. The smallest absolute Gasteiger partial charge is 0.252 e. The first-order valence-corrected chi connectivity index (χ1v) is 6.10. The SMILES string of the molecule is COc1cc(F)c([C@@H]2CN(CCO)C(=O)[C@H]2O)c(F)c1. The average molecular weight is 287 g/mol. The van der Waals surface area contributed by atoms with E-state index in [1.54, 1.807) is 0 Å². The van der Waals surface area contributed by atoms with Crippen molar-refractivity contribution >= 4 is 5.91 Å². The number of ether oxygens (including phenoxy) is 1. The summed E-state index contributed by atoms with van der Waals surface area (Å²) in [6.07, 6.45) is -1.51. The molecule has 0 saturated carbocycles. The van der Waals surface area contributed by atoms with Gasteiger partial charge in [0.05, 0.1) is 13.7 Å². The van der Waals surface area contributed by atoms with E-state index in [9.17, 15) is 18.7 Å². The second-order valence-electron chi connectivity index (χ2n) is 4.56. The Labute approximate surface area is 114 Å². The normalized spacial score (nSPS) is 22.4. The van der Waals surface area contributed by atoms with Gasteiger partial charge in [0.2, 0.25) is 0 Å². The van der Waals surface area contributed by atoms with Crippen LogP contribution in [0.25, 0.3) is 0 Å². The van der Waals surface area contributed by atoms with E-state index in [-0.39, 0.29) is 31.0 Å². The molecule has 2 atom stereocenters. The molecule has 1 saturated heterocycles. The monoisotopic (exact) mass is 287 g/mol. The summed E-state index contributed by atoms with van der Waals surface area (Å²) in [6.45, 7) is -0.300. The number of rotatable bonds is 4. The largest absolute Gasteiger partial charge is 0.497 e. The van der Waals surface area contributed by atoms with Crippen molar-refractivity contribution in [3.63, 3.8) is 0 Å². The molecular weight excluding hydrogens is 272 g/mol. The maximum atomic E-state index is 14.0. The van der Waals surface area contributed by atoms with Gasteiger partial charge < -0.3 is 19.8 Å². The van der Waals surface area contributed by atoms with Gasteiger partial charge >= 0.3 is 0 Å². The minimum Gasteiger partial charge on any atom is -0.497 e. The van der Waals surface area contributed by atoms with Gasteiger partial charge in [-0.2, -0.15) is 0 Å². The second kappa shape index (κ2) is 5.72. The standard InChI is InChI=1S/C13H15F2NO4/c1-20-7-4-9(14)11(10(15)5-7)8-6-16(2-3-17)13(19)12(8)18/h4-5,8,12,17-18H,2-3,6H2,1H3/t8-,12-/m0/s1. The van der Waals surface area contributed by atoms with E-state index in [0.29, 0.717) is 0 Å². The zero-order valence-corrected chi connectivity index (χ0v) is 10.8. The molecule has 1 aromatic carbocycles. The molecule has 1 aliphatic rings. The lowest BCUT2D eigenvalue weighted by atomic mass is 9.94. The Morgan fingerprint density at radius 3 is 2.50 bits per heavy atom. The summed E-state index contributed by atoms with van der Waals surface area (Å²) in [6, 6.07) is 2.01. The topological polar surface area (TPSA) is 70.0 Å². The van der Waals surface area contributed by atoms with E-state index in [0.717, 1.165) is 12.1 Å². The molecule has 5 nitrogen and oxygen atoms in total. The predicted octanol–water partition coefficient (Wildman–Crippen LogP) is 0.252. The lowest BCUT2D eigenvalue weighted by Gasteiger charge is -2.16. The van der Waals surface area contributed by atoms with Crippen molar-refractivity contribution in [2.24, 2.45) is 0 Å². The summed E-state index contributed by atoms with van der Waals surface area (Å²) in [5.74, 6) is -3.36. The minimum absolute atomic E-state index is 0.0196. The summed E-state index contributed by atoms with van der Waals surface area (Å²) in [7, 11) is 1.28. The lowest BCUT2D eigenvalue weighted by Crippen LogP contribution is -2.31. The highest BCUT2D eigenvalue weighted by Gasteiger charge is 2.42. The average Bonchev–Trinajstić information content (AvgIpc) is 2.67. The van der Waals surface area contributed by atoms with Crippen molar-refractivity contribution < 1.29 is 28.5 Å². The summed E-state index contributed by atoms with van der Waals surface area (Å²) in [4.78, 5) is 12.9. The number of benzene rings is 1. The molecule has 0 unspecified atom stereocenters. The molecule has 1 aromatic rings. The molecule has 1 amide bonds. The highest BCUT2D eigenvalue weighted by molar-refractivity contribution is 5.84. The number of β-amino-alcohol motifs (C(OH)–C–C–N with tert-alkyl or cyclic N) is 1. The maximum Gasteiger partial charge on any atom is 0.252 e. The molecule has 1 fully saturated rings. The molecule has 2 N–H and O–H groups in total. The highest BCUT2D eigenvalue weighted by Crippen LogP contribution is 2.33. The molecule has 20 heavy (non-hydrogen) atoms. The third kappa shape index (κ3) is 2.46. The van der Waals surface area contributed by atoms with Crippen LogP contribution in [0, 0.1) is 11.6 Å². The van der Waals surface area contributed by atoms with Gasteiger partial charge in [0, 0.05) is 36.7 Å². The molecule has 0 spiro atoms. The van der Waals surface area contributed by atoms with Crippen LogP contribution in [0.5, 0.6) is 5.75 Å². The molecule has 110 valence electrons.